The molecule has 4 N–H and O–H groups in total. The summed E-state index contributed by atoms with van der Waals surface area (Å²) in [5.74, 6) is -0.0867. The lowest BCUT2D eigenvalue weighted by molar-refractivity contribution is -0.122. The highest BCUT2D eigenvalue weighted by Gasteiger charge is 2.19. The number of hydrogen-bond donors (Lipinski definition) is 3. The van der Waals surface area contributed by atoms with Crippen molar-refractivity contribution in [3.05, 3.63) is 35.9 Å². The topological polar surface area (TPSA) is 75.3 Å². The molecule has 4 nitrogen and oxygen atoms in total. The highest BCUT2D eigenvalue weighted by molar-refractivity contribution is 7.99. The minimum absolute atomic E-state index is 0.0110. The number of carbonyl (C=O) groups excluding carboxylic acids is 1. The highest BCUT2D eigenvalue weighted by atomic mass is 32.2. The molecule has 1 rings (SSSR count). The molecule has 3 atom stereocenters. The fraction of sp³-hybridized carbons (Fsp3) is 0.500. The summed E-state index contributed by atoms with van der Waals surface area (Å²) >= 11 is 1.54. The fourth-order valence-electron chi connectivity index (χ4n) is 1.86. The van der Waals surface area contributed by atoms with E-state index in [4.69, 9.17) is 5.73 Å². The second-order valence-corrected chi connectivity index (χ2v) is 5.61. The zero-order valence-corrected chi connectivity index (χ0v) is 12.2. The Hall–Kier alpha value is -1.04. The van der Waals surface area contributed by atoms with Gasteiger partial charge in [-0.1, -0.05) is 30.3 Å². The molecule has 19 heavy (non-hydrogen) atoms. The van der Waals surface area contributed by atoms with Crippen LogP contribution in [0.25, 0.3) is 0 Å². The van der Waals surface area contributed by atoms with Crippen LogP contribution in [0.5, 0.6) is 0 Å². The van der Waals surface area contributed by atoms with E-state index in [2.05, 4.69) is 5.32 Å². The Morgan fingerprint density at radius 1 is 1.42 bits per heavy atom. The number of nitrogens with two attached hydrogens (primary N) is 1. The lowest BCUT2D eigenvalue weighted by atomic mass is 10.0. The van der Waals surface area contributed by atoms with Crippen LogP contribution in [0.15, 0.2) is 30.3 Å². The van der Waals surface area contributed by atoms with E-state index in [1.807, 2.05) is 43.5 Å². The minimum atomic E-state index is -0.296. The summed E-state index contributed by atoms with van der Waals surface area (Å²) in [5, 5.41) is 12.1. The Morgan fingerprint density at radius 3 is 2.58 bits per heavy atom. The van der Waals surface area contributed by atoms with Gasteiger partial charge in [0.1, 0.15) is 0 Å². The summed E-state index contributed by atoms with van der Waals surface area (Å²) in [6, 6.07) is 9.20. The maximum absolute atomic E-state index is 11.9. The number of thioether (sulfide) groups is 1. The summed E-state index contributed by atoms with van der Waals surface area (Å²) in [6.07, 6.45) is 2.17. The average Bonchev–Trinajstić information content (AvgIpc) is 2.40. The van der Waals surface area contributed by atoms with Crippen LogP contribution in [-0.4, -0.2) is 35.2 Å². The van der Waals surface area contributed by atoms with Gasteiger partial charge in [-0.3, -0.25) is 4.79 Å². The summed E-state index contributed by atoms with van der Waals surface area (Å²) < 4.78 is 0. The lowest BCUT2D eigenvalue weighted by Crippen LogP contribution is -2.42. The summed E-state index contributed by atoms with van der Waals surface area (Å²) in [7, 11) is 0. The Kier molecular flexibility index (Phi) is 6.91. The molecule has 1 aromatic carbocycles. The van der Waals surface area contributed by atoms with Gasteiger partial charge in [-0.25, -0.2) is 0 Å². The maximum atomic E-state index is 11.9. The number of hydrogen-bond acceptors (Lipinski definition) is 4. The number of aliphatic hydroxyl groups is 1. The van der Waals surface area contributed by atoms with Crippen molar-refractivity contribution in [1.29, 1.82) is 0 Å². The predicted octanol–water partition coefficient (Wildman–Crippen LogP) is 1.31. The number of amides is 1. The second kappa shape index (κ2) is 8.19. The standard InChI is InChI=1S/C14H22N2O2S/c1-10(13(9-17)19-2)16-14(18)8-12(15)11-6-4-3-5-7-11/h3-7,10,12-13,17H,8-9,15H2,1-2H3,(H,16,18). The van der Waals surface area contributed by atoms with Crippen LogP contribution >= 0.6 is 11.8 Å². The van der Waals surface area contributed by atoms with Crippen LogP contribution in [0.1, 0.15) is 24.9 Å². The van der Waals surface area contributed by atoms with E-state index >= 15 is 0 Å². The van der Waals surface area contributed by atoms with Crippen LogP contribution in [0.3, 0.4) is 0 Å². The van der Waals surface area contributed by atoms with Crippen molar-refractivity contribution in [3.63, 3.8) is 0 Å². The maximum Gasteiger partial charge on any atom is 0.222 e. The molecule has 0 bridgehead atoms. The molecule has 0 heterocycles. The summed E-state index contributed by atoms with van der Waals surface area (Å²) in [4.78, 5) is 11.9. The van der Waals surface area contributed by atoms with E-state index in [9.17, 15) is 9.90 Å². The van der Waals surface area contributed by atoms with Crippen molar-refractivity contribution < 1.29 is 9.90 Å². The predicted molar refractivity (Wildman–Crippen MR) is 80.0 cm³/mol. The van der Waals surface area contributed by atoms with Crippen molar-refractivity contribution >= 4 is 17.7 Å². The Labute approximate surface area is 118 Å². The quantitative estimate of drug-likeness (QED) is 0.705. The molecule has 0 aliphatic rings. The van der Waals surface area contributed by atoms with Crippen molar-refractivity contribution in [1.82, 2.24) is 5.32 Å². The Bertz CT molecular complexity index is 382. The van der Waals surface area contributed by atoms with Crippen LogP contribution < -0.4 is 11.1 Å². The van der Waals surface area contributed by atoms with Gasteiger partial charge in [-0.15, -0.1) is 0 Å². The number of nitrogens with one attached hydrogen (secondary N) is 1. The smallest absolute Gasteiger partial charge is 0.222 e. The van der Waals surface area contributed by atoms with E-state index in [1.54, 1.807) is 0 Å². The first-order valence-corrected chi connectivity index (χ1v) is 7.60. The molecule has 0 aliphatic heterocycles. The third-order valence-electron chi connectivity index (χ3n) is 3.06. The Balaban J connectivity index is 2.47. The van der Waals surface area contributed by atoms with Crippen molar-refractivity contribution in [2.45, 2.75) is 30.7 Å². The molecule has 0 aromatic heterocycles. The first kappa shape index (κ1) is 16.0. The summed E-state index contributed by atoms with van der Waals surface area (Å²) in [6.45, 7) is 1.94. The molecule has 106 valence electrons. The van der Waals surface area contributed by atoms with Crippen molar-refractivity contribution in [2.75, 3.05) is 12.9 Å². The molecule has 1 aromatic rings. The highest BCUT2D eigenvalue weighted by Crippen LogP contribution is 2.14. The zero-order chi connectivity index (χ0) is 14.3. The molecule has 1 amide bonds. The van der Waals surface area contributed by atoms with E-state index in [0.717, 1.165) is 5.56 Å². The number of carbonyl (C=O) groups is 1. The molecular formula is C14H22N2O2S. The monoisotopic (exact) mass is 282 g/mol. The van der Waals surface area contributed by atoms with E-state index in [-0.39, 0.29) is 36.3 Å². The van der Waals surface area contributed by atoms with Crippen molar-refractivity contribution in [3.8, 4) is 0 Å². The van der Waals surface area contributed by atoms with Gasteiger partial charge in [0.2, 0.25) is 5.91 Å². The van der Waals surface area contributed by atoms with Gasteiger partial charge >= 0.3 is 0 Å². The molecular weight excluding hydrogens is 260 g/mol. The van der Waals surface area contributed by atoms with Gasteiger partial charge in [-0.05, 0) is 18.7 Å². The van der Waals surface area contributed by atoms with Gasteiger partial charge in [0.25, 0.3) is 0 Å². The number of rotatable bonds is 7. The van der Waals surface area contributed by atoms with Crippen LogP contribution in [0, 0.1) is 0 Å². The summed E-state index contributed by atoms with van der Waals surface area (Å²) in [5.41, 5.74) is 6.95. The molecule has 3 unspecified atom stereocenters. The van der Waals surface area contributed by atoms with Gasteiger partial charge in [0, 0.05) is 23.8 Å². The third-order valence-corrected chi connectivity index (χ3v) is 4.22. The first-order valence-electron chi connectivity index (χ1n) is 6.32. The molecule has 0 fully saturated rings. The molecule has 0 saturated carbocycles. The second-order valence-electron chi connectivity index (χ2n) is 4.53. The molecule has 0 radical (unpaired) electrons. The molecule has 0 saturated heterocycles. The average molecular weight is 282 g/mol. The molecule has 5 heteroatoms. The van der Waals surface area contributed by atoms with Gasteiger partial charge < -0.3 is 16.2 Å². The Morgan fingerprint density at radius 2 is 2.05 bits per heavy atom. The van der Waals surface area contributed by atoms with Crippen molar-refractivity contribution in [2.24, 2.45) is 5.73 Å². The van der Waals surface area contributed by atoms with Crippen LogP contribution in [-0.2, 0) is 4.79 Å². The van der Waals surface area contributed by atoms with E-state index in [0.29, 0.717) is 0 Å². The first-order chi connectivity index (χ1) is 9.08. The SMILES string of the molecule is CSC(CO)C(C)NC(=O)CC(N)c1ccccc1. The van der Waals surface area contributed by atoms with Gasteiger partial charge in [0.05, 0.1) is 6.61 Å². The number of benzene rings is 1. The van der Waals surface area contributed by atoms with Crippen LogP contribution in [0.2, 0.25) is 0 Å². The van der Waals surface area contributed by atoms with Crippen LogP contribution in [0.4, 0.5) is 0 Å². The van der Waals surface area contributed by atoms with Gasteiger partial charge in [-0.2, -0.15) is 11.8 Å². The lowest BCUT2D eigenvalue weighted by Gasteiger charge is -2.22. The number of aliphatic hydroxyl groups excluding tert-OH is 1. The third kappa shape index (κ3) is 5.22. The largest absolute Gasteiger partial charge is 0.395 e. The zero-order valence-electron chi connectivity index (χ0n) is 11.4. The van der Waals surface area contributed by atoms with Gasteiger partial charge in [0.15, 0.2) is 0 Å². The van der Waals surface area contributed by atoms with E-state index in [1.165, 1.54) is 11.8 Å². The molecule has 0 spiro atoms. The normalized spacial score (nSPS) is 15.6. The minimum Gasteiger partial charge on any atom is -0.395 e. The fourth-order valence-corrected chi connectivity index (χ4v) is 2.49. The van der Waals surface area contributed by atoms with E-state index < -0.39 is 0 Å². The molecule has 0 aliphatic carbocycles.